The molecular formula is C22H31. The second-order valence-corrected chi connectivity index (χ2v) is 6.44. The van der Waals surface area contributed by atoms with Crippen molar-refractivity contribution in [1.29, 1.82) is 0 Å². The van der Waals surface area contributed by atoms with Gasteiger partial charge >= 0.3 is 0 Å². The zero-order valence-corrected chi connectivity index (χ0v) is 14.7. The zero-order valence-electron chi connectivity index (χ0n) is 14.7. The van der Waals surface area contributed by atoms with E-state index < -0.39 is 0 Å². The van der Waals surface area contributed by atoms with Crippen molar-refractivity contribution in [3.63, 3.8) is 0 Å². The van der Waals surface area contributed by atoms with Gasteiger partial charge in [0.15, 0.2) is 0 Å². The summed E-state index contributed by atoms with van der Waals surface area (Å²) in [6.07, 6.45) is 11.3. The number of fused-ring (bicyclic) bond motifs is 1. The third-order valence-corrected chi connectivity index (χ3v) is 4.63. The van der Waals surface area contributed by atoms with E-state index in [9.17, 15) is 0 Å². The van der Waals surface area contributed by atoms with Crippen molar-refractivity contribution in [2.24, 2.45) is 0 Å². The van der Waals surface area contributed by atoms with Gasteiger partial charge in [0.1, 0.15) is 0 Å². The Kier molecular flexibility index (Phi) is 6.96. The molecule has 0 bridgehead atoms. The van der Waals surface area contributed by atoms with Crippen LogP contribution in [0.2, 0.25) is 0 Å². The lowest BCUT2D eigenvalue weighted by atomic mass is 9.90. The number of hydrogen-bond acceptors (Lipinski definition) is 0. The largest absolute Gasteiger partial charge is 0.0654 e. The Balaban J connectivity index is 2.44. The maximum Gasteiger partial charge on any atom is -0.00701 e. The van der Waals surface area contributed by atoms with Crippen molar-refractivity contribution in [3.05, 3.63) is 47.0 Å². The van der Waals surface area contributed by atoms with E-state index >= 15 is 0 Å². The van der Waals surface area contributed by atoms with Crippen LogP contribution < -0.4 is 0 Å². The summed E-state index contributed by atoms with van der Waals surface area (Å²) in [5.41, 5.74) is 4.62. The fraction of sp³-hybridized carbons (Fsp3) is 0.545. The first-order valence-electron chi connectivity index (χ1n) is 9.25. The predicted molar refractivity (Wildman–Crippen MR) is 98.6 cm³/mol. The summed E-state index contributed by atoms with van der Waals surface area (Å²) in [7, 11) is 0. The van der Waals surface area contributed by atoms with Crippen LogP contribution in [-0.4, -0.2) is 0 Å². The minimum Gasteiger partial charge on any atom is -0.0654 e. The molecule has 0 nitrogen and oxygen atoms in total. The molecule has 0 aliphatic heterocycles. The van der Waals surface area contributed by atoms with Crippen LogP contribution in [0.25, 0.3) is 10.8 Å². The average molecular weight is 295 g/mol. The van der Waals surface area contributed by atoms with E-state index in [4.69, 9.17) is 0 Å². The van der Waals surface area contributed by atoms with E-state index in [0.29, 0.717) is 0 Å². The zero-order chi connectivity index (χ0) is 15.8. The molecule has 0 spiro atoms. The van der Waals surface area contributed by atoms with Crippen molar-refractivity contribution < 1.29 is 0 Å². The van der Waals surface area contributed by atoms with Crippen LogP contribution in [0.3, 0.4) is 0 Å². The standard InChI is InChI=1S/C22H31/c1-4-7-11-18-13-10-15-22-20(14-9-6-3)19(12-8-5-2)16-17-21(18)22/h10,13,15-16H,4-9,11-12,14H2,1-3H3. The lowest BCUT2D eigenvalue weighted by molar-refractivity contribution is 0.761. The molecule has 1 radical (unpaired) electrons. The molecular weight excluding hydrogens is 264 g/mol. The van der Waals surface area contributed by atoms with Gasteiger partial charge in [-0.15, -0.1) is 0 Å². The lowest BCUT2D eigenvalue weighted by Crippen LogP contribution is -1.98. The maximum atomic E-state index is 3.62. The molecule has 0 heteroatoms. The summed E-state index contributed by atoms with van der Waals surface area (Å²) in [5, 5.41) is 2.85. The number of rotatable bonds is 9. The van der Waals surface area contributed by atoms with Gasteiger partial charge in [-0.2, -0.15) is 0 Å². The smallest absolute Gasteiger partial charge is 0.00701 e. The molecule has 0 amide bonds. The van der Waals surface area contributed by atoms with E-state index in [1.54, 1.807) is 5.56 Å². The second-order valence-electron chi connectivity index (χ2n) is 6.44. The summed E-state index contributed by atoms with van der Waals surface area (Å²) in [6.45, 7) is 6.83. The molecule has 0 N–H and O–H groups in total. The van der Waals surface area contributed by atoms with E-state index in [1.165, 1.54) is 79.7 Å². The molecule has 0 atom stereocenters. The SMILES string of the molecule is CCCCc1c[c]c2c(CCCC)cccc2c1CCCC. The van der Waals surface area contributed by atoms with Crippen molar-refractivity contribution in [1.82, 2.24) is 0 Å². The lowest BCUT2D eigenvalue weighted by Gasteiger charge is -2.15. The highest BCUT2D eigenvalue weighted by Crippen LogP contribution is 2.28. The van der Waals surface area contributed by atoms with Gasteiger partial charge in [-0.05, 0) is 72.1 Å². The van der Waals surface area contributed by atoms with Gasteiger partial charge in [-0.1, -0.05) is 64.3 Å². The van der Waals surface area contributed by atoms with E-state index in [1.807, 2.05) is 0 Å². The highest BCUT2D eigenvalue weighted by molar-refractivity contribution is 5.89. The molecule has 0 unspecified atom stereocenters. The molecule has 0 aliphatic carbocycles. The van der Waals surface area contributed by atoms with Crippen LogP contribution >= 0.6 is 0 Å². The first kappa shape index (κ1) is 17.1. The van der Waals surface area contributed by atoms with Crippen LogP contribution in [0.1, 0.15) is 76.0 Å². The molecule has 2 aromatic carbocycles. The molecule has 0 saturated carbocycles. The van der Waals surface area contributed by atoms with Crippen LogP contribution in [0.15, 0.2) is 24.3 Å². The summed E-state index contributed by atoms with van der Waals surface area (Å²) in [4.78, 5) is 0. The molecule has 0 fully saturated rings. The summed E-state index contributed by atoms with van der Waals surface area (Å²) in [6, 6.07) is 12.8. The van der Waals surface area contributed by atoms with Crippen LogP contribution in [-0.2, 0) is 19.3 Å². The van der Waals surface area contributed by atoms with Crippen LogP contribution in [0.4, 0.5) is 0 Å². The van der Waals surface area contributed by atoms with E-state index in [-0.39, 0.29) is 0 Å². The third kappa shape index (κ3) is 4.12. The molecule has 22 heavy (non-hydrogen) atoms. The summed E-state index contributed by atoms with van der Waals surface area (Å²) < 4.78 is 0. The summed E-state index contributed by atoms with van der Waals surface area (Å²) in [5.74, 6) is 0. The number of unbranched alkanes of at least 4 members (excludes halogenated alkanes) is 3. The Morgan fingerprint density at radius 2 is 1.41 bits per heavy atom. The van der Waals surface area contributed by atoms with Gasteiger partial charge in [0.05, 0.1) is 0 Å². The van der Waals surface area contributed by atoms with Gasteiger partial charge in [0, 0.05) is 0 Å². The molecule has 0 heterocycles. The van der Waals surface area contributed by atoms with Gasteiger partial charge in [-0.3, -0.25) is 0 Å². The van der Waals surface area contributed by atoms with Crippen LogP contribution in [0, 0.1) is 6.07 Å². The van der Waals surface area contributed by atoms with Crippen molar-refractivity contribution in [2.75, 3.05) is 0 Å². The monoisotopic (exact) mass is 295 g/mol. The van der Waals surface area contributed by atoms with E-state index in [2.05, 4.69) is 51.1 Å². The van der Waals surface area contributed by atoms with Crippen molar-refractivity contribution in [2.45, 2.75) is 78.6 Å². The fourth-order valence-corrected chi connectivity index (χ4v) is 3.26. The number of aryl methyl sites for hydroxylation is 3. The Hall–Kier alpha value is -1.30. The second kappa shape index (κ2) is 8.98. The Morgan fingerprint density at radius 3 is 2.09 bits per heavy atom. The normalized spacial score (nSPS) is 11.2. The van der Waals surface area contributed by atoms with E-state index in [0.717, 1.165) is 0 Å². The van der Waals surface area contributed by atoms with Crippen LogP contribution in [0.5, 0.6) is 0 Å². The third-order valence-electron chi connectivity index (χ3n) is 4.63. The maximum absolute atomic E-state index is 3.62. The Bertz CT molecular complexity index is 580. The molecule has 0 saturated heterocycles. The average Bonchev–Trinajstić information content (AvgIpc) is 2.56. The Morgan fingerprint density at radius 1 is 0.773 bits per heavy atom. The van der Waals surface area contributed by atoms with Gasteiger partial charge in [0.2, 0.25) is 0 Å². The summed E-state index contributed by atoms with van der Waals surface area (Å²) >= 11 is 0. The predicted octanol–water partition coefficient (Wildman–Crippen LogP) is 6.67. The minimum atomic E-state index is 1.19. The highest BCUT2D eigenvalue weighted by atomic mass is 14.1. The number of hydrogen-bond donors (Lipinski definition) is 0. The minimum absolute atomic E-state index is 1.19. The topological polar surface area (TPSA) is 0 Å². The molecule has 119 valence electrons. The molecule has 0 aromatic heterocycles. The quantitative estimate of drug-likeness (QED) is 0.484. The van der Waals surface area contributed by atoms with Gasteiger partial charge < -0.3 is 0 Å². The van der Waals surface area contributed by atoms with Crippen molar-refractivity contribution in [3.8, 4) is 0 Å². The Labute approximate surface area is 136 Å². The molecule has 0 aliphatic rings. The van der Waals surface area contributed by atoms with Crippen molar-refractivity contribution >= 4 is 10.8 Å². The fourth-order valence-electron chi connectivity index (χ4n) is 3.26. The first-order valence-corrected chi connectivity index (χ1v) is 9.25. The number of benzene rings is 2. The van der Waals surface area contributed by atoms with Gasteiger partial charge in [0.25, 0.3) is 0 Å². The highest BCUT2D eigenvalue weighted by Gasteiger charge is 2.10. The first-order chi connectivity index (χ1) is 10.8. The molecule has 2 aromatic rings. The molecule has 2 rings (SSSR count). The van der Waals surface area contributed by atoms with Gasteiger partial charge in [-0.25, -0.2) is 0 Å².